The van der Waals surface area contributed by atoms with E-state index in [0.717, 1.165) is 36.4 Å². The Labute approximate surface area is 295 Å². The van der Waals surface area contributed by atoms with E-state index < -0.39 is 0 Å². The summed E-state index contributed by atoms with van der Waals surface area (Å²) in [5.74, 6) is 2.41. The highest BCUT2D eigenvalue weighted by Gasteiger charge is 2.08. The molecule has 2 rings (SSSR count). The van der Waals surface area contributed by atoms with Crippen LogP contribution in [0.3, 0.4) is 0 Å². The smallest absolute Gasteiger partial charge is 0.163 e. The van der Waals surface area contributed by atoms with E-state index in [2.05, 4.69) is 25.8 Å². The van der Waals surface area contributed by atoms with Gasteiger partial charge < -0.3 is 19.3 Å². The summed E-state index contributed by atoms with van der Waals surface area (Å²) in [7, 11) is 0. The van der Waals surface area contributed by atoms with Crippen molar-refractivity contribution in [3.63, 3.8) is 0 Å². The van der Waals surface area contributed by atoms with E-state index in [4.69, 9.17) is 14.2 Å². The molecule has 0 saturated carbocycles. The normalized spacial score (nSPS) is 11.4. The van der Waals surface area contributed by atoms with Gasteiger partial charge in [-0.25, -0.2) is 0 Å². The Balaban J connectivity index is 1.86. The van der Waals surface area contributed by atoms with Gasteiger partial charge in [0.1, 0.15) is 11.5 Å². The van der Waals surface area contributed by atoms with Crippen LogP contribution in [-0.4, -0.2) is 31.1 Å². The lowest BCUT2D eigenvalue weighted by atomic mass is 10.1. The summed E-state index contributed by atoms with van der Waals surface area (Å²) in [6.45, 7) is 8.84. The number of hydrogen-bond acceptors (Lipinski definition) is 5. The molecule has 0 radical (unpaired) electrons. The molecule has 48 heavy (non-hydrogen) atoms. The summed E-state index contributed by atoms with van der Waals surface area (Å²) in [5.41, 5.74) is 1.43. The molecular formula is C43H71NO4. The van der Waals surface area contributed by atoms with Crippen LogP contribution in [0.4, 0.5) is 5.69 Å². The van der Waals surface area contributed by atoms with Gasteiger partial charge in [-0.1, -0.05) is 156 Å². The minimum Gasteiger partial charge on any atom is -0.507 e. The van der Waals surface area contributed by atoms with Crippen molar-refractivity contribution in [1.29, 1.82) is 0 Å². The highest BCUT2D eigenvalue weighted by Crippen LogP contribution is 2.33. The van der Waals surface area contributed by atoms with Crippen molar-refractivity contribution in [2.24, 2.45) is 4.99 Å². The highest BCUT2D eigenvalue weighted by molar-refractivity contribution is 5.85. The first-order valence-electron chi connectivity index (χ1n) is 20.1. The second-order valence-corrected chi connectivity index (χ2v) is 13.6. The molecule has 0 aliphatic rings. The van der Waals surface area contributed by atoms with Gasteiger partial charge in [0, 0.05) is 23.9 Å². The summed E-state index contributed by atoms with van der Waals surface area (Å²) in [4.78, 5) is 4.67. The molecule has 0 aliphatic carbocycles. The van der Waals surface area contributed by atoms with Crippen molar-refractivity contribution in [2.75, 3.05) is 19.8 Å². The molecular weight excluding hydrogens is 594 g/mol. The van der Waals surface area contributed by atoms with Crippen molar-refractivity contribution in [3.05, 3.63) is 42.0 Å². The van der Waals surface area contributed by atoms with Crippen LogP contribution < -0.4 is 14.2 Å². The third-order valence-corrected chi connectivity index (χ3v) is 9.06. The Bertz CT molecular complexity index is 1070. The molecule has 0 fully saturated rings. The molecule has 5 heteroatoms. The Morgan fingerprint density at radius 2 is 0.917 bits per heavy atom. The molecule has 0 aromatic heterocycles. The number of hydrogen-bond donors (Lipinski definition) is 1. The van der Waals surface area contributed by atoms with E-state index in [1.54, 1.807) is 12.3 Å². The molecule has 0 aliphatic heterocycles. The summed E-state index contributed by atoms with van der Waals surface area (Å²) in [6, 6.07) is 11.4. The molecule has 2 aromatic rings. The van der Waals surface area contributed by atoms with Crippen molar-refractivity contribution < 1.29 is 19.3 Å². The number of aliphatic imine (C=N–C) groups is 1. The van der Waals surface area contributed by atoms with Gasteiger partial charge in [-0.15, -0.1) is 0 Å². The van der Waals surface area contributed by atoms with E-state index in [1.165, 1.54) is 135 Å². The molecule has 0 spiro atoms. The van der Waals surface area contributed by atoms with E-state index in [1.807, 2.05) is 30.3 Å². The third-order valence-electron chi connectivity index (χ3n) is 9.06. The molecule has 0 amide bonds. The van der Waals surface area contributed by atoms with Crippen LogP contribution in [0.5, 0.6) is 23.0 Å². The first-order valence-corrected chi connectivity index (χ1v) is 20.1. The first kappa shape index (κ1) is 41.5. The maximum atomic E-state index is 10.7. The summed E-state index contributed by atoms with van der Waals surface area (Å²) in [6.07, 6.45) is 32.3. The maximum Gasteiger partial charge on any atom is 0.163 e. The molecule has 2 aromatic carbocycles. The van der Waals surface area contributed by atoms with Gasteiger partial charge in [0.25, 0.3) is 0 Å². The number of benzene rings is 2. The monoisotopic (exact) mass is 666 g/mol. The zero-order valence-corrected chi connectivity index (χ0v) is 31.3. The minimum absolute atomic E-state index is 0.170. The molecule has 1 N–H and O–H groups in total. The van der Waals surface area contributed by atoms with Gasteiger partial charge in [-0.2, -0.15) is 0 Å². The molecule has 5 nitrogen and oxygen atoms in total. The Morgan fingerprint density at radius 1 is 0.479 bits per heavy atom. The third kappa shape index (κ3) is 20.6. The van der Waals surface area contributed by atoms with E-state index in [9.17, 15) is 5.11 Å². The Morgan fingerprint density at radius 3 is 1.40 bits per heavy atom. The van der Waals surface area contributed by atoms with Crippen LogP contribution in [0, 0.1) is 0 Å². The van der Waals surface area contributed by atoms with Crippen LogP contribution in [0.25, 0.3) is 0 Å². The SMILES string of the molecule is CCCCCCCCCCOc1ccc(C=Nc2ccc(OCCCCCCCCCC)c(OCCCCCCCCCC)c2)c(O)c1. The number of phenols is 1. The Hall–Kier alpha value is -2.69. The molecule has 272 valence electrons. The largest absolute Gasteiger partial charge is 0.507 e. The van der Waals surface area contributed by atoms with Gasteiger partial charge in [-0.05, 0) is 43.5 Å². The number of nitrogens with zero attached hydrogens (tertiary/aromatic N) is 1. The van der Waals surface area contributed by atoms with Crippen molar-refractivity contribution in [3.8, 4) is 23.0 Å². The minimum atomic E-state index is 0.170. The van der Waals surface area contributed by atoms with Gasteiger partial charge in [0.15, 0.2) is 11.5 Å². The number of unbranched alkanes of at least 4 members (excludes halogenated alkanes) is 21. The quantitative estimate of drug-likeness (QED) is 0.0624. The lowest BCUT2D eigenvalue weighted by molar-refractivity contribution is 0.258. The average Bonchev–Trinajstić information content (AvgIpc) is 3.09. The Kier molecular flexibility index (Phi) is 25.3. The summed E-state index contributed by atoms with van der Waals surface area (Å²) in [5, 5.41) is 10.7. The van der Waals surface area contributed by atoms with Crippen LogP contribution in [-0.2, 0) is 0 Å². The van der Waals surface area contributed by atoms with Gasteiger partial charge in [0.05, 0.1) is 25.5 Å². The fraction of sp³-hybridized carbons (Fsp3) is 0.698. The average molecular weight is 666 g/mol. The fourth-order valence-electron chi connectivity index (χ4n) is 5.94. The predicted molar refractivity (Wildman–Crippen MR) is 206 cm³/mol. The zero-order valence-electron chi connectivity index (χ0n) is 31.3. The number of aromatic hydroxyl groups is 1. The summed E-state index contributed by atoms with van der Waals surface area (Å²) < 4.78 is 18.4. The van der Waals surface area contributed by atoms with Gasteiger partial charge >= 0.3 is 0 Å². The van der Waals surface area contributed by atoms with Crippen molar-refractivity contribution in [1.82, 2.24) is 0 Å². The van der Waals surface area contributed by atoms with Gasteiger partial charge in [-0.3, -0.25) is 4.99 Å². The fourth-order valence-corrected chi connectivity index (χ4v) is 5.94. The van der Waals surface area contributed by atoms with Crippen LogP contribution in [0.1, 0.15) is 180 Å². The number of rotatable bonds is 32. The van der Waals surface area contributed by atoms with Crippen molar-refractivity contribution >= 4 is 11.9 Å². The highest BCUT2D eigenvalue weighted by atomic mass is 16.5. The first-order chi connectivity index (χ1) is 23.7. The van der Waals surface area contributed by atoms with E-state index in [-0.39, 0.29) is 5.75 Å². The summed E-state index contributed by atoms with van der Waals surface area (Å²) >= 11 is 0. The van der Waals surface area contributed by atoms with Crippen LogP contribution in [0.15, 0.2) is 41.4 Å². The van der Waals surface area contributed by atoms with Crippen LogP contribution >= 0.6 is 0 Å². The number of ether oxygens (including phenoxy) is 3. The van der Waals surface area contributed by atoms with Crippen molar-refractivity contribution in [2.45, 2.75) is 175 Å². The lowest BCUT2D eigenvalue weighted by Crippen LogP contribution is -2.02. The lowest BCUT2D eigenvalue weighted by Gasteiger charge is -2.14. The molecule has 0 unspecified atom stereocenters. The molecule has 0 bridgehead atoms. The standard InChI is InChI=1S/C43H71NO4/c1-4-7-10-13-16-19-22-25-32-46-40-30-28-38(41(45)36-40)37-44-39-29-31-42(47-33-26-23-20-17-14-11-8-5-2)43(35-39)48-34-27-24-21-18-15-12-9-6-3/h28-31,35-37,45H,4-27,32-34H2,1-3H3. The maximum absolute atomic E-state index is 10.7. The zero-order chi connectivity index (χ0) is 34.3. The second-order valence-electron chi connectivity index (χ2n) is 13.6. The molecule has 0 heterocycles. The predicted octanol–water partition coefficient (Wildman–Crippen LogP) is 13.7. The van der Waals surface area contributed by atoms with E-state index >= 15 is 0 Å². The molecule has 0 atom stereocenters. The second kappa shape index (κ2) is 29.2. The van der Waals surface area contributed by atoms with Gasteiger partial charge in [0.2, 0.25) is 0 Å². The van der Waals surface area contributed by atoms with Crippen LogP contribution in [0.2, 0.25) is 0 Å². The number of phenolic OH excluding ortho intramolecular Hbond substituents is 1. The molecule has 0 saturated heterocycles. The topological polar surface area (TPSA) is 60.3 Å². The van der Waals surface area contributed by atoms with E-state index in [0.29, 0.717) is 31.1 Å².